The van der Waals surface area contributed by atoms with E-state index in [9.17, 15) is 33.0 Å². The lowest BCUT2D eigenvalue weighted by atomic mass is 10.0. The van der Waals surface area contributed by atoms with E-state index in [2.05, 4.69) is 5.32 Å². The zero-order valence-electron chi connectivity index (χ0n) is 20.7. The Kier molecular flexibility index (Phi) is 9.91. The molecule has 0 aliphatic carbocycles. The number of aliphatic carboxylic acids is 1. The standard InChI is InChI=1S/C28H25Cl2NO7S/c1-39(37,38)21-7-4-5-17(13-21)16-24(28(35)36)31-27(34)26-22(29)14-18(15-23(26)30)9-11-20(32)12-10-19-6-2-3-8-25(19)33/h2-8,10,12-15,24,33H,9,11,16H2,1H3,(H,31,34)(H,35,36)/b12-10+/t24-/m0/s1. The van der Waals surface area contributed by atoms with Crippen molar-refractivity contribution in [2.45, 2.75) is 30.2 Å². The van der Waals surface area contributed by atoms with Crippen molar-refractivity contribution >= 4 is 56.8 Å². The third kappa shape index (κ3) is 8.41. The number of amides is 1. The maximum atomic E-state index is 12.9. The molecule has 204 valence electrons. The predicted octanol–water partition coefficient (Wildman–Crippen LogP) is 4.74. The molecule has 0 saturated carbocycles. The SMILES string of the molecule is CS(=O)(=O)c1cccc(C[C@H](NC(=O)c2c(Cl)cc(CCC(=O)/C=C/c3ccccc3O)cc2Cl)C(=O)O)c1. The van der Waals surface area contributed by atoms with Crippen LogP contribution in [0.1, 0.15) is 33.5 Å². The van der Waals surface area contributed by atoms with Crippen molar-refractivity contribution in [2.24, 2.45) is 0 Å². The van der Waals surface area contributed by atoms with E-state index < -0.39 is 27.8 Å². The molecule has 0 aliphatic rings. The summed E-state index contributed by atoms with van der Waals surface area (Å²) in [4.78, 5) is 37.1. The topological polar surface area (TPSA) is 138 Å². The molecule has 0 bridgehead atoms. The molecule has 0 unspecified atom stereocenters. The zero-order chi connectivity index (χ0) is 28.7. The Morgan fingerprint density at radius 2 is 1.64 bits per heavy atom. The number of benzene rings is 3. The number of phenols is 1. The van der Waals surface area contributed by atoms with Gasteiger partial charge in [-0.15, -0.1) is 0 Å². The fourth-order valence-corrected chi connectivity index (χ4v) is 5.11. The van der Waals surface area contributed by atoms with E-state index in [0.717, 1.165) is 6.26 Å². The minimum absolute atomic E-state index is 0.0181. The average molecular weight is 590 g/mol. The molecule has 3 aromatic carbocycles. The maximum Gasteiger partial charge on any atom is 0.326 e. The van der Waals surface area contributed by atoms with E-state index in [-0.39, 0.29) is 51.3 Å². The average Bonchev–Trinajstić information content (AvgIpc) is 2.86. The number of halogens is 2. The smallest absolute Gasteiger partial charge is 0.326 e. The molecule has 0 heterocycles. The van der Waals surface area contributed by atoms with E-state index in [0.29, 0.717) is 16.7 Å². The number of carboxylic acid groups (broad SMARTS) is 1. The number of nitrogens with one attached hydrogen (secondary N) is 1. The molecule has 0 fully saturated rings. The second-order valence-electron chi connectivity index (χ2n) is 8.78. The monoisotopic (exact) mass is 589 g/mol. The normalized spacial score (nSPS) is 12.3. The van der Waals surface area contributed by atoms with Crippen LogP contribution >= 0.6 is 23.2 Å². The van der Waals surface area contributed by atoms with Crippen LogP contribution in [0.4, 0.5) is 0 Å². The molecule has 39 heavy (non-hydrogen) atoms. The van der Waals surface area contributed by atoms with Gasteiger partial charge in [-0.25, -0.2) is 13.2 Å². The summed E-state index contributed by atoms with van der Waals surface area (Å²) in [6, 6.07) is 14.0. The van der Waals surface area contributed by atoms with E-state index in [1.54, 1.807) is 24.3 Å². The first-order chi connectivity index (χ1) is 18.3. The Hall–Kier alpha value is -3.66. The van der Waals surface area contributed by atoms with E-state index >= 15 is 0 Å². The Morgan fingerprint density at radius 1 is 0.974 bits per heavy atom. The van der Waals surface area contributed by atoms with Gasteiger partial charge >= 0.3 is 5.97 Å². The Bertz CT molecular complexity index is 1530. The van der Waals surface area contributed by atoms with Gasteiger partial charge in [-0.3, -0.25) is 9.59 Å². The fraction of sp³-hybridized carbons (Fsp3) is 0.179. The van der Waals surface area contributed by atoms with Crippen molar-refractivity contribution in [1.29, 1.82) is 0 Å². The third-order valence-corrected chi connectivity index (χ3v) is 7.45. The number of sulfone groups is 1. The van der Waals surface area contributed by atoms with Crippen LogP contribution in [0.25, 0.3) is 6.08 Å². The van der Waals surface area contributed by atoms with Crippen molar-refractivity contribution < 1.29 is 33.0 Å². The number of hydrogen-bond donors (Lipinski definition) is 3. The molecule has 11 heteroatoms. The number of carbonyl (C=O) groups excluding carboxylic acids is 2. The largest absolute Gasteiger partial charge is 0.507 e. The number of carboxylic acids is 1. The van der Waals surface area contributed by atoms with Crippen LogP contribution in [-0.2, 0) is 32.3 Å². The number of aromatic hydroxyl groups is 1. The van der Waals surface area contributed by atoms with Crippen molar-refractivity contribution in [3.8, 4) is 5.75 Å². The fourth-order valence-electron chi connectivity index (χ4n) is 3.72. The summed E-state index contributed by atoms with van der Waals surface area (Å²) in [5.41, 5.74) is 1.39. The number of ketones is 1. The molecule has 1 amide bonds. The molecule has 0 saturated heterocycles. The number of aryl methyl sites for hydroxylation is 1. The van der Waals surface area contributed by atoms with Gasteiger partial charge in [-0.05, 0) is 60.0 Å². The van der Waals surface area contributed by atoms with Crippen molar-refractivity contribution in [3.63, 3.8) is 0 Å². The lowest BCUT2D eigenvalue weighted by Crippen LogP contribution is -2.42. The number of carbonyl (C=O) groups is 3. The molecular formula is C28H25Cl2NO7S. The highest BCUT2D eigenvalue weighted by Gasteiger charge is 2.25. The van der Waals surface area contributed by atoms with Crippen LogP contribution in [0.15, 0.2) is 71.6 Å². The lowest BCUT2D eigenvalue weighted by Gasteiger charge is -2.17. The summed E-state index contributed by atoms with van der Waals surface area (Å²) in [6.45, 7) is 0. The predicted molar refractivity (Wildman–Crippen MR) is 149 cm³/mol. The molecule has 8 nitrogen and oxygen atoms in total. The van der Waals surface area contributed by atoms with Crippen LogP contribution in [-0.4, -0.2) is 48.6 Å². The number of allylic oxidation sites excluding steroid dienone is 1. The minimum Gasteiger partial charge on any atom is -0.507 e. The summed E-state index contributed by atoms with van der Waals surface area (Å²) in [5, 5.41) is 21.8. The molecular weight excluding hydrogens is 565 g/mol. The van der Waals surface area contributed by atoms with Gasteiger partial charge in [-0.2, -0.15) is 0 Å². The number of hydrogen-bond acceptors (Lipinski definition) is 6. The van der Waals surface area contributed by atoms with Crippen molar-refractivity contribution in [3.05, 3.63) is 99.0 Å². The van der Waals surface area contributed by atoms with Crippen LogP contribution in [0.2, 0.25) is 10.0 Å². The summed E-state index contributed by atoms with van der Waals surface area (Å²) >= 11 is 12.6. The highest BCUT2D eigenvalue weighted by molar-refractivity contribution is 7.90. The molecule has 0 aliphatic heterocycles. The van der Waals surface area contributed by atoms with E-state index in [1.807, 2.05) is 0 Å². The number of rotatable bonds is 11. The molecule has 3 N–H and O–H groups in total. The van der Waals surface area contributed by atoms with Crippen LogP contribution in [0.5, 0.6) is 5.75 Å². The van der Waals surface area contributed by atoms with Crippen LogP contribution < -0.4 is 5.32 Å². The van der Waals surface area contributed by atoms with Gasteiger partial charge in [0.1, 0.15) is 11.8 Å². The first kappa shape index (κ1) is 29.9. The molecule has 0 spiro atoms. The van der Waals surface area contributed by atoms with Gasteiger partial charge in [0, 0.05) is 24.7 Å². The zero-order valence-corrected chi connectivity index (χ0v) is 23.1. The lowest BCUT2D eigenvalue weighted by molar-refractivity contribution is -0.139. The van der Waals surface area contributed by atoms with E-state index in [4.69, 9.17) is 23.2 Å². The first-order valence-corrected chi connectivity index (χ1v) is 14.3. The van der Waals surface area contributed by atoms with Crippen molar-refractivity contribution in [1.82, 2.24) is 5.32 Å². The molecule has 3 rings (SSSR count). The molecule has 1 atom stereocenters. The van der Waals surface area contributed by atoms with Gasteiger partial charge in [0.15, 0.2) is 15.6 Å². The minimum atomic E-state index is -3.50. The second kappa shape index (κ2) is 12.9. The van der Waals surface area contributed by atoms with Gasteiger partial charge < -0.3 is 15.5 Å². The van der Waals surface area contributed by atoms with Gasteiger partial charge in [0.05, 0.1) is 20.5 Å². The summed E-state index contributed by atoms with van der Waals surface area (Å²) in [7, 11) is -3.50. The molecule has 3 aromatic rings. The quantitative estimate of drug-likeness (QED) is 0.274. The Labute approximate surface area is 235 Å². The van der Waals surface area contributed by atoms with E-state index in [1.165, 1.54) is 48.6 Å². The summed E-state index contributed by atoms with van der Waals surface area (Å²) < 4.78 is 23.6. The first-order valence-electron chi connectivity index (χ1n) is 11.6. The number of phenolic OH excluding ortho intramolecular Hbond substituents is 1. The van der Waals surface area contributed by atoms with Gasteiger partial charge in [0.25, 0.3) is 5.91 Å². The van der Waals surface area contributed by atoms with Gasteiger partial charge in [-0.1, -0.05) is 53.5 Å². The second-order valence-corrected chi connectivity index (χ2v) is 11.6. The summed E-state index contributed by atoms with van der Waals surface area (Å²) in [6.07, 6.45) is 4.14. The number of para-hydroxylation sites is 1. The van der Waals surface area contributed by atoms with Crippen LogP contribution in [0.3, 0.4) is 0 Å². The highest BCUT2D eigenvalue weighted by Crippen LogP contribution is 2.28. The van der Waals surface area contributed by atoms with Gasteiger partial charge in [0.2, 0.25) is 0 Å². The Morgan fingerprint density at radius 3 is 2.26 bits per heavy atom. The molecule has 0 radical (unpaired) electrons. The Balaban J connectivity index is 1.68. The summed E-state index contributed by atoms with van der Waals surface area (Å²) in [5.74, 6) is -2.28. The van der Waals surface area contributed by atoms with Crippen molar-refractivity contribution in [2.75, 3.05) is 6.26 Å². The third-order valence-electron chi connectivity index (χ3n) is 5.74. The molecule has 0 aromatic heterocycles. The maximum absolute atomic E-state index is 12.9. The highest BCUT2D eigenvalue weighted by atomic mass is 35.5. The van der Waals surface area contributed by atoms with Crippen LogP contribution in [0, 0.1) is 0 Å².